The Morgan fingerprint density at radius 1 is 1.47 bits per heavy atom. The predicted octanol–water partition coefficient (Wildman–Crippen LogP) is 1.46. The first kappa shape index (κ1) is 13.9. The lowest BCUT2D eigenvalue weighted by Gasteiger charge is -2.35. The number of aliphatic hydroxyl groups excluding tert-OH is 1. The van der Waals surface area contributed by atoms with E-state index in [0.717, 1.165) is 0 Å². The highest BCUT2D eigenvalue weighted by Gasteiger charge is 2.27. The van der Waals surface area contributed by atoms with Crippen LogP contribution >= 0.6 is 11.6 Å². The zero-order valence-electron chi connectivity index (χ0n) is 10.4. The molecule has 0 saturated carbocycles. The molecule has 0 aliphatic rings. The van der Waals surface area contributed by atoms with Crippen LogP contribution in [-0.4, -0.2) is 40.6 Å². The van der Waals surface area contributed by atoms with E-state index in [4.69, 9.17) is 11.6 Å². The van der Waals surface area contributed by atoms with Gasteiger partial charge in [0.1, 0.15) is 16.8 Å². The molecule has 0 aliphatic heterocycles. The third-order valence-electron chi connectivity index (χ3n) is 2.72. The SMILES string of the molecule is Cc1nc(Cl)c(C=O)c(N(C)C(C)(C)CO)n1. The van der Waals surface area contributed by atoms with E-state index in [1.807, 2.05) is 13.8 Å². The Bertz CT molecular complexity index is 435. The number of aldehydes is 1. The third kappa shape index (κ3) is 2.73. The molecular weight excluding hydrogens is 242 g/mol. The molecule has 17 heavy (non-hydrogen) atoms. The summed E-state index contributed by atoms with van der Waals surface area (Å²) in [7, 11) is 1.75. The van der Waals surface area contributed by atoms with Crippen LogP contribution in [0.3, 0.4) is 0 Å². The Hall–Kier alpha value is -1.20. The van der Waals surface area contributed by atoms with Crippen LogP contribution in [0.4, 0.5) is 5.82 Å². The number of anilines is 1. The molecule has 0 aromatic carbocycles. The highest BCUT2D eigenvalue weighted by atomic mass is 35.5. The molecule has 5 nitrogen and oxygen atoms in total. The second kappa shape index (κ2) is 4.98. The van der Waals surface area contributed by atoms with E-state index in [-0.39, 0.29) is 17.3 Å². The van der Waals surface area contributed by atoms with Crippen LogP contribution in [-0.2, 0) is 0 Å². The number of aliphatic hydroxyl groups is 1. The van der Waals surface area contributed by atoms with Crippen LogP contribution in [0, 0.1) is 6.92 Å². The van der Waals surface area contributed by atoms with E-state index in [9.17, 15) is 9.90 Å². The van der Waals surface area contributed by atoms with Gasteiger partial charge in [0.2, 0.25) is 0 Å². The molecule has 0 radical (unpaired) electrons. The van der Waals surface area contributed by atoms with Crippen molar-refractivity contribution in [3.05, 3.63) is 16.5 Å². The van der Waals surface area contributed by atoms with Gasteiger partial charge in [0.15, 0.2) is 6.29 Å². The van der Waals surface area contributed by atoms with Crippen LogP contribution in [0.15, 0.2) is 0 Å². The molecule has 0 unspecified atom stereocenters. The molecule has 0 amide bonds. The molecule has 0 bridgehead atoms. The van der Waals surface area contributed by atoms with Gasteiger partial charge in [-0.05, 0) is 20.8 Å². The van der Waals surface area contributed by atoms with Gasteiger partial charge in [0.25, 0.3) is 0 Å². The maximum atomic E-state index is 11.0. The molecule has 0 saturated heterocycles. The highest BCUT2D eigenvalue weighted by Crippen LogP contribution is 2.26. The van der Waals surface area contributed by atoms with Crippen molar-refractivity contribution in [2.24, 2.45) is 0 Å². The van der Waals surface area contributed by atoms with Gasteiger partial charge in [-0.15, -0.1) is 0 Å². The zero-order chi connectivity index (χ0) is 13.2. The number of aryl methyl sites for hydroxylation is 1. The summed E-state index contributed by atoms with van der Waals surface area (Å²) in [5.41, 5.74) is -0.302. The number of hydrogen-bond donors (Lipinski definition) is 1. The van der Waals surface area contributed by atoms with Crippen molar-refractivity contribution in [1.82, 2.24) is 9.97 Å². The van der Waals surface area contributed by atoms with Crippen molar-refractivity contribution in [3.8, 4) is 0 Å². The van der Waals surface area contributed by atoms with E-state index in [2.05, 4.69) is 9.97 Å². The van der Waals surface area contributed by atoms with E-state index >= 15 is 0 Å². The minimum Gasteiger partial charge on any atom is -0.394 e. The summed E-state index contributed by atoms with van der Waals surface area (Å²) in [6.45, 7) is 5.31. The molecular formula is C11H16ClN3O2. The summed E-state index contributed by atoms with van der Waals surface area (Å²) >= 11 is 5.90. The van der Waals surface area contributed by atoms with Crippen LogP contribution in [0.1, 0.15) is 30.0 Å². The molecule has 0 atom stereocenters. The average molecular weight is 258 g/mol. The number of nitrogens with zero attached hydrogens (tertiary/aromatic N) is 3. The summed E-state index contributed by atoms with van der Waals surface area (Å²) in [5.74, 6) is 0.910. The van der Waals surface area contributed by atoms with Crippen molar-refractivity contribution < 1.29 is 9.90 Å². The van der Waals surface area contributed by atoms with E-state index in [1.54, 1.807) is 18.9 Å². The summed E-state index contributed by atoms with van der Waals surface area (Å²) in [5, 5.41) is 9.45. The number of aromatic nitrogens is 2. The Morgan fingerprint density at radius 3 is 2.53 bits per heavy atom. The Morgan fingerprint density at radius 2 is 2.06 bits per heavy atom. The molecule has 1 N–H and O–H groups in total. The highest BCUT2D eigenvalue weighted by molar-refractivity contribution is 6.32. The van der Waals surface area contributed by atoms with Gasteiger partial charge >= 0.3 is 0 Å². The maximum Gasteiger partial charge on any atom is 0.156 e. The topological polar surface area (TPSA) is 66.3 Å². The van der Waals surface area contributed by atoms with Gasteiger partial charge in [-0.25, -0.2) is 9.97 Å². The molecule has 94 valence electrons. The Kier molecular flexibility index (Phi) is 4.06. The average Bonchev–Trinajstić information content (AvgIpc) is 2.27. The first-order chi connectivity index (χ1) is 7.83. The summed E-state index contributed by atoms with van der Waals surface area (Å²) in [6.07, 6.45) is 0.626. The van der Waals surface area contributed by atoms with Gasteiger partial charge in [-0.3, -0.25) is 4.79 Å². The van der Waals surface area contributed by atoms with Crippen LogP contribution < -0.4 is 4.90 Å². The van der Waals surface area contributed by atoms with Gasteiger partial charge in [0.05, 0.1) is 17.7 Å². The zero-order valence-corrected chi connectivity index (χ0v) is 11.1. The fraction of sp³-hybridized carbons (Fsp3) is 0.545. The van der Waals surface area contributed by atoms with Crippen LogP contribution in [0.2, 0.25) is 5.15 Å². The predicted molar refractivity (Wildman–Crippen MR) is 66.7 cm³/mol. The number of carbonyl (C=O) groups excluding carboxylic acids is 1. The van der Waals surface area contributed by atoms with Crippen molar-refractivity contribution >= 4 is 23.7 Å². The lowest BCUT2D eigenvalue weighted by molar-refractivity contribution is 0.112. The number of likely N-dealkylation sites (N-methyl/N-ethyl adjacent to an activating group) is 1. The van der Waals surface area contributed by atoms with E-state index < -0.39 is 5.54 Å². The smallest absolute Gasteiger partial charge is 0.156 e. The van der Waals surface area contributed by atoms with Gasteiger partial charge in [-0.1, -0.05) is 11.6 Å². The van der Waals surface area contributed by atoms with Gasteiger partial charge < -0.3 is 10.0 Å². The second-order valence-corrected chi connectivity index (χ2v) is 4.80. The quantitative estimate of drug-likeness (QED) is 0.653. The Labute approximate surface area is 105 Å². The molecule has 1 rings (SSSR count). The standard InChI is InChI=1S/C11H16ClN3O2/c1-7-13-9(12)8(5-16)10(14-7)15(4)11(2,3)6-17/h5,17H,6H2,1-4H3. The lowest BCUT2D eigenvalue weighted by Crippen LogP contribution is -2.45. The van der Waals surface area contributed by atoms with Crippen LogP contribution in [0.25, 0.3) is 0 Å². The molecule has 1 aromatic rings. The van der Waals surface area contributed by atoms with Crippen molar-refractivity contribution in [1.29, 1.82) is 0 Å². The largest absolute Gasteiger partial charge is 0.394 e. The molecule has 0 spiro atoms. The number of carbonyl (C=O) groups is 1. The molecule has 0 aliphatic carbocycles. The molecule has 0 fully saturated rings. The fourth-order valence-electron chi connectivity index (χ4n) is 1.28. The monoisotopic (exact) mass is 257 g/mol. The minimum absolute atomic E-state index is 0.0670. The normalized spacial score (nSPS) is 11.4. The summed E-state index contributed by atoms with van der Waals surface area (Å²) in [4.78, 5) is 20.9. The number of rotatable bonds is 4. The summed E-state index contributed by atoms with van der Waals surface area (Å²) in [6, 6.07) is 0. The first-order valence-corrected chi connectivity index (χ1v) is 5.55. The minimum atomic E-state index is -0.540. The van der Waals surface area contributed by atoms with Crippen molar-refractivity contribution in [2.75, 3.05) is 18.6 Å². The number of halogens is 1. The maximum absolute atomic E-state index is 11.0. The second-order valence-electron chi connectivity index (χ2n) is 4.45. The van der Waals surface area contributed by atoms with E-state index in [0.29, 0.717) is 17.9 Å². The van der Waals surface area contributed by atoms with Gasteiger partial charge in [-0.2, -0.15) is 0 Å². The lowest BCUT2D eigenvalue weighted by atomic mass is 10.0. The summed E-state index contributed by atoms with van der Waals surface area (Å²) < 4.78 is 0. The van der Waals surface area contributed by atoms with E-state index in [1.165, 1.54) is 0 Å². The van der Waals surface area contributed by atoms with Crippen molar-refractivity contribution in [3.63, 3.8) is 0 Å². The van der Waals surface area contributed by atoms with Crippen molar-refractivity contribution in [2.45, 2.75) is 26.3 Å². The number of hydrogen-bond acceptors (Lipinski definition) is 5. The molecule has 1 aromatic heterocycles. The van der Waals surface area contributed by atoms with Crippen LogP contribution in [0.5, 0.6) is 0 Å². The molecule has 1 heterocycles. The first-order valence-electron chi connectivity index (χ1n) is 5.17. The Balaban J connectivity index is 3.35. The third-order valence-corrected chi connectivity index (χ3v) is 3.01. The van der Waals surface area contributed by atoms with Gasteiger partial charge in [0, 0.05) is 7.05 Å². The molecule has 6 heteroatoms. The fourth-order valence-corrected chi connectivity index (χ4v) is 1.53.